The lowest BCUT2D eigenvalue weighted by atomic mass is 10.2. The van der Waals surface area contributed by atoms with Crippen LogP contribution in [0.2, 0.25) is 5.02 Å². The van der Waals surface area contributed by atoms with Gasteiger partial charge >= 0.3 is 11.9 Å². The number of esters is 2. The van der Waals surface area contributed by atoms with Gasteiger partial charge in [0, 0.05) is 0 Å². The Balaban J connectivity index is 2.12. The quantitative estimate of drug-likeness (QED) is 0.374. The van der Waals surface area contributed by atoms with E-state index in [1.54, 1.807) is 24.3 Å². The van der Waals surface area contributed by atoms with Crippen LogP contribution in [0.15, 0.2) is 24.3 Å². The first-order chi connectivity index (χ1) is 10.6. The molecule has 1 aromatic rings. The van der Waals surface area contributed by atoms with E-state index in [0.29, 0.717) is 11.6 Å². The van der Waals surface area contributed by atoms with E-state index in [0.717, 1.165) is 25.7 Å². The lowest BCUT2D eigenvalue weighted by Gasteiger charge is -2.07. The number of hydrogen-bond acceptors (Lipinski definition) is 5. The number of hydrogen-bond donors (Lipinski definition) is 0. The van der Waals surface area contributed by atoms with Gasteiger partial charge in [-0.05, 0) is 18.6 Å². The molecule has 0 saturated heterocycles. The summed E-state index contributed by atoms with van der Waals surface area (Å²) in [4.78, 5) is 22.9. The number of para-hydroxylation sites is 1. The van der Waals surface area contributed by atoms with Crippen molar-refractivity contribution < 1.29 is 23.8 Å². The molecule has 0 spiro atoms. The monoisotopic (exact) mass is 328 g/mol. The summed E-state index contributed by atoms with van der Waals surface area (Å²) in [6.45, 7) is 1.88. The summed E-state index contributed by atoms with van der Waals surface area (Å²) in [5.74, 6) is -0.845. The highest BCUT2D eigenvalue weighted by molar-refractivity contribution is 6.32. The molecule has 1 aromatic carbocycles. The van der Waals surface area contributed by atoms with Crippen LogP contribution in [0.4, 0.5) is 0 Å². The molecule has 22 heavy (non-hydrogen) atoms. The van der Waals surface area contributed by atoms with E-state index >= 15 is 0 Å². The lowest BCUT2D eigenvalue weighted by molar-refractivity contribution is -0.152. The summed E-state index contributed by atoms with van der Waals surface area (Å²) >= 11 is 5.85. The van der Waals surface area contributed by atoms with E-state index in [1.165, 1.54) is 0 Å². The fourth-order valence-corrected chi connectivity index (χ4v) is 1.83. The number of unbranched alkanes of at least 4 members (excludes halogenated alkanes) is 3. The molecule has 0 saturated carbocycles. The molecular formula is C16H21ClO5. The molecule has 0 aliphatic heterocycles. The highest BCUT2D eigenvalue weighted by Crippen LogP contribution is 2.23. The molecule has 0 amide bonds. The Morgan fingerprint density at radius 2 is 1.77 bits per heavy atom. The third kappa shape index (κ3) is 8.00. The second kappa shape index (κ2) is 11.0. The van der Waals surface area contributed by atoms with E-state index in [-0.39, 0.29) is 19.0 Å². The van der Waals surface area contributed by atoms with Crippen molar-refractivity contribution >= 4 is 23.5 Å². The average molecular weight is 329 g/mol. The van der Waals surface area contributed by atoms with E-state index in [1.807, 2.05) is 0 Å². The van der Waals surface area contributed by atoms with Crippen LogP contribution in [0.5, 0.6) is 5.75 Å². The predicted octanol–water partition coefficient (Wildman–Crippen LogP) is 3.39. The second-order valence-corrected chi connectivity index (χ2v) is 5.09. The number of rotatable bonds is 10. The molecular weight excluding hydrogens is 308 g/mol. The summed E-state index contributed by atoms with van der Waals surface area (Å²) in [5.41, 5.74) is 0. The molecule has 6 heteroatoms. The predicted molar refractivity (Wildman–Crippen MR) is 83.0 cm³/mol. The molecule has 5 nitrogen and oxygen atoms in total. The van der Waals surface area contributed by atoms with Crippen molar-refractivity contribution in [3.05, 3.63) is 29.3 Å². The number of carbonyl (C=O) groups excluding carboxylic acids is 2. The van der Waals surface area contributed by atoms with Gasteiger partial charge in [0.25, 0.3) is 0 Å². The summed E-state index contributed by atoms with van der Waals surface area (Å²) in [7, 11) is 0. The fraction of sp³-hybridized carbons (Fsp3) is 0.500. The van der Waals surface area contributed by atoms with Gasteiger partial charge in [-0.25, -0.2) is 9.59 Å². The van der Waals surface area contributed by atoms with Crippen LogP contribution in [0.1, 0.15) is 32.6 Å². The van der Waals surface area contributed by atoms with Gasteiger partial charge in [0.2, 0.25) is 0 Å². The van der Waals surface area contributed by atoms with Gasteiger partial charge in [0.1, 0.15) is 19.0 Å². The standard InChI is InChI=1S/C16H21ClO5/c1-2-3-4-7-10-21-15(18)11-20-12-16(19)22-14-9-6-5-8-13(14)17/h5-6,8-9H,2-4,7,10-12H2,1H3. The fourth-order valence-electron chi connectivity index (χ4n) is 1.65. The Labute approximate surface area is 135 Å². The van der Waals surface area contributed by atoms with Gasteiger partial charge in [-0.1, -0.05) is 49.9 Å². The minimum atomic E-state index is -0.621. The summed E-state index contributed by atoms with van der Waals surface area (Å²) in [6.07, 6.45) is 4.13. The van der Waals surface area contributed by atoms with Crippen molar-refractivity contribution in [3.63, 3.8) is 0 Å². The topological polar surface area (TPSA) is 61.8 Å². The van der Waals surface area contributed by atoms with Crippen LogP contribution in [-0.2, 0) is 19.1 Å². The van der Waals surface area contributed by atoms with Crippen LogP contribution >= 0.6 is 11.6 Å². The Morgan fingerprint density at radius 1 is 1.05 bits per heavy atom. The molecule has 122 valence electrons. The molecule has 0 heterocycles. The van der Waals surface area contributed by atoms with Gasteiger partial charge in [-0.2, -0.15) is 0 Å². The Morgan fingerprint density at radius 3 is 2.50 bits per heavy atom. The maximum absolute atomic E-state index is 11.5. The van der Waals surface area contributed by atoms with Crippen LogP contribution < -0.4 is 4.74 Å². The minimum absolute atomic E-state index is 0.260. The van der Waals surface area contributed by atoms with Gasteiger partial charge in [0.05, 0.1) is 11.6 Å². The molecule has 0 atom stereocenters. The van der Waals surface area contributed by atoms with Crippen molar-refractivity contribution in [2.45, 2.75) is 32.6 Å². The number of halogens is 1. The average Bonchev–Trinajstić information content (AvgIpc) is 2.49. The summed E-state index contributed by atoms with van der Waals surface area (Å²) < 4.78 is 14.9. The lowest BCUT2D eigenvalue weighted by Crippen LogP contribution is -2.20. The van der Waals surface area contributed by atoms with Gasteiger partial charge < -0.3 is 14.2 Å². The highest BCUT2D eigenvalue weighted by atomic mass is 35.5. The van der Waals surface area contributed by atoms with Crippen LogP contribution in [0.3, 0.4) is 0 Å². The molecule has 0 N–H and O–H groups in total. The molecule has 0 unspecified atom stereocenters. The molecule has 0 aliphatic rings. The van der Waals surface area contributed by atoms with E-state index in [9.17, 15) is 9.59 Å². The number of benzene rings is 1. The third-order valence-corrected chi connectivity index (χ3v) is 3.07. The summed E-state index contributed by atoms with van der Waals surface area (Å²) in [5, 5.41) is 0.335. The first-order valence-corrected chi connectivity index (χ1v) is 7.70. The van der Waals surface area contributed by atoms with Crippen LogP contribution in [-0.4, -0.2) is 31.8 Å². The Hall–Kier alpha value is -1.59. The van der Waals surface area contributed by atoms with E-state index < -0.39 is 11.9 Å². The Bertz CT molecular complexity index is 475. The van der Waals surface area contributed by atoms with Crippen molar-refractivity contribution in [1.29, 1.82) is 0 Å². The highest BCUT2D eigenvalue weighted by Gasteiger charge is 2.10. The van der Waals surface area contributed by atoms with Crippen LogP contribution in [0, 0.1) is 0 Å². The first-order valence-electron chi connectivity index (χ1n) is 7.32. The maximum Gasteiger partial charge on any atom is 0.337 e. The number of ether oxygens (including phenoxy) is 3. The molecule has 0 radical (unpaired) electrons. The zero-order chi connectivity index (χ0) is 16.2. The molecule has 1 rings (SSSR count). The van der Waals surface area contributed by atoms with E-state index in [2.05, 4.69) is 6.92 Å². The molecule has 0 fully saturated rings. The van der Waals surface area contributed by atoms with Crippen LogP contribution in [0.25, 0.3) is 0 Å². The van der Waals surface area contributed by atoms with Gasteiger partial charge in [-0.15, -0.1) is 0 Å². The smallest absolute Gasteiger partial charge is 0.337 e. The third-order valence-electron chi connectivity index (χ3n) is 2.76. The second-order valence-electron chi connectivity index (χ2n) is 4.68. The number of carbonyl (C=O) groups is 2. The van der Waals surface area contributed by atoms with Gasteiger partial charge in [0.15, 0.2) is 0 Å². The van der Waals surface area contributed by atoms with Crippen molar-refractivity contribution in [3.8, 4) is 5.75 Å². The first kappa shape index (κ1) is 18.5. The minimum Gasteiger partial charge on any atom is -0.464 e. The van der Waals surface area contributed by atoms with Crippen molar-refractivity contribution in [1.82, 2.24) is 0 Å². The molecule has 0 aromatic heterocycles. The normalized spacial score (nSPS) is 10.3. The SMILES string of the molecule is CCCCCCOC(=O)COCC(=O)Oc1ccccc1Cl. The Kier molecular flexibility index (Phi) is 9.26. The summed E-state index contributed by atoms with van der Waals surface area (Å²) in [6, 6.07) is 6.61. The molecule has 0 bridgehead atoms. The van der Waals surface area contributed by atoms with Gasteiger partial charge in [-0.3, -0.25) is 0 Å². The maximum atomic E-state index is 11.5. The zero-order valence-corrected chi connectivity index (χ0v) is 13.4. The largest absolute Gasteiger partial charge is 0.464 e. The van der Waals surface area contributed by atoms with Crippen molar-refractivity contribution in [2.24, 2.45) is 0 Å². The van der Waals surface area contributed by atoms with E-state index in [4.69, 9.17) is 25.8 Å². The van der Waals surface area contributed by atoms with Crippen molar-refractivity contribution in [2.75, 3.05) is 19.8 Å². The molecule has 0 aliphatic carbocycles. The zero-order valence-electron chi connectivity index (χ0n) is 12.7.